The van der Waals surface area contributed by atoms with Gasteiger partial charge in [-0.25, -0.2) is 13.4 Å². The lowest BCUT2D eigenvalue weighted by Crippen LogP contribution is -2.42. The summed E-state index contributed by atoms with van der Waals surface area (Å²) in [5.74, 6) is 0.214. The summed E-state index contributed by atoms with van der Waals surface area (Å²) < 4.78 is 25.1. The molecule has 2 aliphatic rings. The highest BCUT2D eigenvalue weighted by atomic mass is 32.2. The Morgan fingerprint density at radius 2 is 2.10 bits per heavy atom. The van der Waals surface area contributed by atoms with Crippen LogP contribution in [-0.4, -0.2) is 58.6 Å². The van der Waals surface area contributed by atoms with Gasteiger partial charge in [0.25, 0.3) is 5.56 Å². The van der Waals surface area contributed by atoms with Gasteiger partial charge in [0.05, 0.1) is 22.6 Å². The third kappa shape index (κ3) is 3.98. The maximum Gasteiger partial charge on any atom is 0.262 e. The summed E-state index contributed by atoms with van der Waals surface area (Å²) in [6.45, 7) is 2.34. The molecule has 1 saturated heterocycles. The molecule has 7 nitrogen and oxygen atoms in total. The van der Waals surface area contributed by atoms with E-state index in [-0.39, 0.29) is 34.8 Å². The van der Waals surface area contributed by atoms with E-state index in [1.807, 2.05) is 6.92 Å². The number of nitrogens with zero attached hydrogens (tertiary/aromatic N) is 3. The molecule has 10 heteroatoms. The number of aryl methyl sites for hydroxylation is 2. The topological polar surface area (TPSA) is 89.3 Å². The van der Waals surface area contributed by atoms with Gasteiger partial charge in [-0.15, -0.1) is 11.3 Å². The van der Waals surface area contributed by atoms with Crippen LogP contribution >= 0.6 is 23.1 Å². The summed E-state index contributed by atoms with van der Waals surface area (Å²) in [5, 5.41) is 1.28. The highest BCUT2D eigenvalue weighted by Crippen LogP contribution is 2.34. The molecular weight excluding hydrogens is 430 g/mol. The predicted molar refractivity (Wildman–Crippen MR) is 117 cm³/mol. The molecule has 0 N–H and O–H groups in total. The molecule has 2 aromatic rings. The van der Waals surface area contributed by atoms with Gasteiger partial charge in [0.2, 0.25) is 5.91 Å². The van der Waals surface area contributed by atoms with Gasteiger partial charge in [0.15, 0.2) is 15.0 Å². The molecule has 1 aliphatic carbocycles. The fourth-order valence-electron chi connectivity index (χ4n) is 4.26. The average Bonchev–Trinajstić information content (AvgIpc) is 3.23. The number of fused-ring (bicyclic) bond motifs is 3. The van der Waals surface area contributed by atoms with Crippen molar-refractivity contribution in [1.82, 2.24) is 14.5 Å². The smallest absolute Gasteiger partial charge is 0.262 e. The Morgan fingerprint density at radius 3 is 2.79 bits per heavy atom. The van der Waals surface area contributed by atoms with Gasteiger partial charge in [-0.1, -0.05) is 11.8 Å². The van der Waals surface area contributed by atoms with Crippen LogP contribution in [0, 0.1) is 0 Å². The quantitative estimate of drug-likeness (QED) is 0.506. The van der Waals surface area contributed by atoms with Gasteiger partial charge in [-0.05, 0) is 44.6 Å². The molecule has 4 rings (SSSR count). The molecule has 1 fully saturated rings. The molecule has 0 bridgehead atoms. The highest BCUT2D eigenvalue weighted by molar-refractivity contribution is 7.99. The van der Waals surface area contributed by atoms with Gasteiger partial charge < -0.3 is 4.90 Å². The second kappa shape index (κ2) is 8.03. The maximum atomic E-state index is 13.0. The zero-order valence-corrected chi connectivity index (χ0v) is 19.1. The number of amides is 1. The van der Waals surface area contributed by atoms with Crippen molar-refractivity contribution in [3.63, 3.8) is 0 Å². The van der Waals surface area contributed by atoms with Crippen LogP contribution in [0.15, 0.2) is 9.95 Å². The molecule has 3 heterocycles. The van der Waals surface area contributed by atoms with Crippen molar-refractivity contribution in [3.05, 3.63) is 20.8 Å². The van der Waals surface area contributed by atoms with E-state index in [0.29, 0.717) is 18.1 Å². The summed E-state index contributed by atoms with van der Waals surface area (Å²) in [6.07, 6.45) is 4.70. The Hall–Kier alpha value is -1.39. The zero-order valence-electron chi connectivity index (χ0n) is 16.6. The number of carbonyl (C=O) groups is 1. The van der Waals surface area contributed by atoms with Gasteiger partial charge in [0, 0.05) is 24.5 Å². The van der Waals surface area contributed by atoms with E-state index in [9.17, 15) is 18.0 Å². The van der Waals surface area contributed by atoms with Crippen molar-refractivity contribution in [3.8, 4) is 0 Å². The average molecular weight is 456 g/mol. The highest BCUT2D eigenvalue weighted by Gasteiger charge is 2.34. The van der Waals surface area contributed by atoms with Gasteiger partial charge in [0.1, 0.15) is 4.83 Å². The Labute approximate surface area is 178 Å². The molecule has 158 valence electrons. The van der Waals surface area contributed by atoms with Crippen molar-refractivity contribution < 1.29 is 13.2 Å². The van der Waals surface area contributed by atoms with Crippen LogP contribution < -0.4 is 5.56 Å². The van der Waals surface area contributed by atoms with E-state index in [1.165, 1.54) is 21.2 Å². The van der Waals surface area contributed by atoms with Crippen LogP contribution in [-0.2, 0) is 34.5 Å². The Kier molecular flexibility index (Phi) is 5.78. The van der Waals surface area contributed by atoms with Crippen molar-refractivity contribution in [1.29, 1.82) is 0 Å². The summed E-state index contributed by atoms with van der Waals surface area (Å²) in [6, 6.07) is -0.249. The normalized spacial score (nSPS) is 20.7. The largest absolute Gasteiger partial charge is 0.338 e. The van der Waals surface area contributed by atoms with Gasteiger partial charge >= 0.3 is 0 Å². The minimum absolute atomic E-state index is 0.0424. The predicted octanol–water partition coefficient (Wildman–Crippen LogP) is 2.00. The third-order valence-corrected chi connectivity index (χ3v) is 9.74. The van der Waals surface area contributed by atoms with E-state index in [2.05, 4.69) is 0 Å². The molecule has 29 heavy (non-hydrogen) atoms. The van der Waals surface area contributed by atoms with Crippen molar-refractivity contribution in [2.75, 3.05) is 23.8 Å². The van der Waals surface area contributed by atoms with Crippen molar-refractivity contribution in [2.24, 2.45) is 7.05 Å². The van der Waals surface area contributed by atoms with E-state index in [1.54, 1.807) is 23.3 Å². The summed E-state index contributed by atoms with van der Waals surface area (Å²) in [5.41, 5.74) is 1.12. The lowest BCUT2D eigenvalue weighted by Gasteiger charge is -2.26. The second-order valence-electron chi connectivity index (χ2n) is 7.67. The lowest BCUT2D eigenvalue weighted by molar-refractivity contribution is -0.129. The molecule has 0 unspecified atom stereocenters. The number of hydrogen-bond donors (Lipinski definition) is 0. The molecule has 1 aliphatic heterocycles. The number of rotatable bonds is 5. The summed E-state index contributed by atoms with van der Waals surface area (Å²) in [7, 11) is -1.34. The molecule has 0 spiro atoms. The number of hydrogen-bond acceptors (Lipinski definition) is 7. The van der Waals surface area contributed by atoms with Crippen LogP contribution in [0.4, 0.5) is 0 Å². The molecule has 1 amide bonds. The van der Waals surface area contributed by atoms with Crippen LogP contribution in [0.25, 0.3) is 10.2 Å². The molecule has 2 aromatic heterocycles. The van der Waals surface area contributed by atoms with Crippen LogP contribution in [0.3, 0.4) is 0 Å². The Morgan fingerprint density at radius 1 is 1.34 bits per heavy atom. The number of thiophene rings is 1. The number of thioether (sulfide) groups is 1. The summed E-state index contributed by atoms with van der Waals surface area (Å²) in [4.78, 5) is 34.1. The third-order valence-electron chi connectivity index (χ3n) is 5.79. The van der Waals surface area contributed by atoms with Crippen LogP contribution in [0.5, 0.6) is 0 Å². The van der Waals surface area contributed by atoms with Crippen molar-refractivity contribution >= 4 is 49.1 Å². The van der Waals surface area contributed by atoms with E-state index < -0.39 is 9.84 Å². The first-order valence-electron chi connectivity index (χ1n) is 9.94. The first-order chi connectivity index (χ1) is 13.8. The fraction of sp³-hybridized carbons (Fsp3) is 0.632. The fourth-order valence-corrected chi connectivity index (χ4v) is 8.16. The monoisotopic (exact) mass is 455 g/mol. The molecular formula is C19H25N3O4S3. The SMILES string of the molecule is CCN(C(=O)CSc1nc2sc3c(c2c(=O)n1C)CCCC3)[C@@H]1CCS(=O)(=O)C1. The molecule has 0 saturated carbocycles. The maximum absolute atomic E-state index is 13.0. The number of sulfone groups is 1. The van der Waals surface area contributed by atoms with Crippen LogP contribution in [0.1, 0.15) is 36.6 Å². The Balaban J connectivity index is 1.54. The standard InChI is InChI=1S/C19H25N3O4S3/c1-3-22(12-8-9-29(25,26)11-12)15(23)10-27-19-20-17-16(18(24)21(19)2)13-6-4-5-7-14(13)28-17/h12H,3-11H2,1-2H3/t12-/m1/s1. The summed E-state index contributed by atoms with van der Waals surface area (Å²) >= 11 is 2.85. The van der Waals surface area contributed by atoms with E-state index in [4.69, 9.17) is 4.98 Å². The first kappa shape index (κ1) is 20.9. The van der Waals surface area contributed by atoms with Crippen LogP contribution in [0.2, 0.25) is 0 Å². The second-order valence-corrected chi connectivity index (χ2v) is 11.9. The molecule has 0 aromatic carbocycles. The molecule has 1 atom stereocenters. The molecule has 0 radical (unpaired) electrons. The van der Waals surface area contributed by atoms with E-state index >= 15 is 0 Å². The first-order valence-corrected chi connectivity index (χ1v) is 13.6. The van der Waals surface area contributed by atoms with Gasteiger partial charge in [-0.2, -0.15) is 0 Å². The lowest BCUT2D eigenvalue weighted by atomic mass is 9.97. The zero-order chi connectivity index (χ0) is 20.8. The van der Waals surface area contributed by atoms with Gasteiger partial charge in [-0.3, -0.25) is 14.2 Å². The Bertz CT molecular complexity index is 1120. The van der Waals surface area contributed by atoms with E-state index in [0.717, 1.165) is 41.5 Å². The van der Waals surface area contributed by atoms with Crippen molar-refractivity contribution in [2.45, 2.75) is 50.2 Å². The number of aromatic nitrogens is 2. The minimum atomic E-state index is -3.05. The minimum Gasteiger partial charge on any atom is -0.338 e. The number of carbonyl (C=O) groups excluding carboxylic acids is 1.